The van der Waals surface area contributed by atoms with E-state index in [1.165, 1.54) is 0 Å². The fraction of sp³-hybridized carbons (Fsp3) is 0.400. The molecule has 0 bridgehead atoms. The van der Waals surface area contributed by atoms with E-state index in [-0.39, 0.29) is 17.7 Å². The Hall–Kier alpha value is -2.96. The van der Waals surface area contributed by atoms with Gasteiger partial charge in [-0.2, -0.15) is 0 Å². The second-order valence-electron chi connectivity index (χ2n) is 7.04. The standard InChI is InChI=1S/C20H23N5O2/c26-19-12-17(15-25(19)14-16-4-2-1-3-5-16)20(27)24-10-8-23(9-11-24)18-13-21-6-7-22-18/h1-7,13,17H,8-12,14-15H2/t17-/m0/s1. The summed E-state index contributed by atoms with van der Waals surface area (Å²) in [6, 6.07) is 9.91. The van der Waals surface area contributed by atoms with E-state index in [1.54, 1.807) is 23.5 Å². The third-order valence-electron chi connectivity index (χ3n) is 5.24. The van der Waals surface area contributed by atoms with Crippen LogP contribution in [0.1, 0.15) is 12.0 Å². The van der Waals surface area contributed by atoms with Gasteiger partial charge in [0.15, 0.2) is 0 Å². The van der Waals surface area contributed by atoms with E-state index in [4.69, 9.17) is 0 Å². The van der Waals surface area contributed by atoms with Gasteiger partial charge < -0.3 is 14.7 Å². The van der Waals surface area contributed by atoms with Crippen LogP contribution in [0.4, 0.5) is 5.82 Å². The maximum Gasteiger partial charge on any atom is 0.228 e. The van der Waals surface area contributed by atoms with E-state index in [0.29, 0.717) is 32.6 Å². The van der Waals surface area contributed by atoms with Gasteiger partial charge in [-0.3, -0.25) is 14.6 Å². The summed E-state index contributed by atoms with van der Waals surface area (Å²) in [6.07, 6.45) is 5.39. The zero-order chi connectivity index (χ0) is 18.6. The fourth-order valence-corrected chi connectivity index (χ4v) is 3.76. The van der Waals surface area contributed by atoms with Gasteiger partial charge in [-0.15, -0.1) is 0 Å². The van der Waals surface area contributed by atoms with Crippen LogP contribution in [0.15, 0.2) is 48.9 Å². The lowest BCUT2D eigenvalue weighted by Gasteiger charge is -2.36. The number of carbonyl (C=O) groups is 2. The number of carbonyl (C=O) groups excluding carboxylic acids is 2. The largest absolute Gasteiger partial charge is 0.352 e. The van der Waals surface area contributed by atoms with E-state index in [9.17, 15) is 9.59 Å². The second-order valence-corrected chi connectivity index (χ2v) is 7.04. The zero-order valence-corrected chi connectivity index (χ0v) is 15.2. The minimum Gasteiger partial charge on any atom is -0.352 e. The molecule has 0 radical (unpaired) electrons. The van der Waals surface area contributed by atoms with Gasteiger partial charge in [-0.05, 0) is 5.56 Å². The van der Waals surface area contributed by atoms with Crippen molar-refractivity contribution in [3.05, 3.63) is 54.5 Å². The van der Waals surface area contributed by atoms with Gasteiger partial charge in [0, 0.05) is 58.1 Å². The van der Waals surface area contributed by atoms with Crippen LogP contribution in [0, 0.1) is 5.92 Å². The molecule has 0 spiro atoms. The fourth-order valence-electron chi connectivity index (χ4n) is 3.76. The van der Waals surface area contributed by atoms with Crippen molar-refractivity contribution in [2.24, 2.45) is 5.92 Å². The number of rotatable bonds is 4. The van der Waals surface area contributed by atoms with E-state index in [2.05, 4.69) is 14.9 Å². The minimum atomic E-state index is -0.232. The molecule has 2 amide bonds. The third-order valence-corrected chi connectivity index (χ3v) is 5.24. The number of hydrogen-bond donors (Lipinski definition) is 0. The number of amides is 2. The predicted molar refractivity (Wildman–Crippen MR) is 101 cm³/mol. The number of anilines is 1. The van der Waals surface area contributed by atoms with Crippen LogP contribution in [0.25, 0.3) is 0 Å². The lowest BCUT2D eigenvalue weighted by atomic mass is 10.1. The Balaban J connectivity index is 1.32. The van der Waals surface area contributed by atoms with Gasteiger partial charge in [0.25, 0.3) is 0 Å². The molecule has 1 atom stereocenters. The van der Waals surface area contributed by atoms with Gasteiger partial charge in [0.05, 0.1) is 12.1 Å². The maximum atomic E-state index is 12.9. The van der Waals surface area contributed by atoms with Crippen LogP contribution in [0.3, 0.4) is 0 Å². The van der Waals surface area contributed by atoms with Gasteiger partial charge in [-0.1, -0.05) is 30.3 Å². The van der Waals surface area contributed by atoms with Crippen molar-refractivity contribution in [3.63, 3.8) is 0 Å². The predicted octanol–water partition coefficient (Wildman–Crippen LogP) is 1.17. The van der Waals surface area contributed by atoms with Crippen LogP contribution in [0.5, 0.6) is 0 Å². The van der Waals surface area contributed by atoms with Crippen molar-refractivity contribution in [2.75, 3.05) is 37.6 Å². The molecule has 1 aromatic carbocycles. The Morgan fingerprint density at radius 1 is 1.07 bits per heavy atom. The number of hydrogen-bond acceptors (Lipinski definition) is 5. The number of nitrogens with zero attached hydrogens (tertiary/aromatic N) is 5. The van der Waals surface area contributed by atoms with E-state index >= 15 is 0 Å². The summed E-state index contributed by atoms with van der Waals surface area (Å²) in [7, 11) is 0. The number of benzene rings is 1. The lowest BCUT2D eigenvalue weighted by Crippen LogP contribution is -2.51. The maximum absolute atomic E-state index is 12.9. The topological polar surface area (TPSA) is 69.6 Å². The molecular weight excluding hydrogens is 342 g/mol. The Morgan fingerprint density at radius 2 is 1.85 bits per heavy atom. The molecule has 0 N–H and O–H groups in total. The van der Waals surface area contributed by atoms with Crippen molar-refractivity contribution in [2.45, 2.75) is 13.0 Å². The molecule has 2 aliphatic heterocycles. The number of piperazine rings is 1. The van der Waals surface area contributed by atoms with Crippen molar-refractivity contribution in [3.8, 4) is 0 Å². The Bertz CT molecular complexity index is 791. The SMILES string of the molecule is O=C1C[C@H](C(=O)N2CCN(c3cnccn3)CC2)CN1Cc1ccccc1. The summed E-state index contributed by atoms with van der Waals surface area (Å²) in [4.78, 5) is 39.5. The average Bonchev–Trinajstić information content (AvgIpc) is 3.09. The summed E-state index contributed by atoms with van der Waals surface area (Å²) in [5.41, 5.74) is 1.09. The normalized spacial score (nSPS) is 20.2. The van der Waals surface area contributed by atoms with Gasteiger partial charge in [0.2, 0.25) is 11.8 Å². The first kappa shape index (κ1) is 17.5. The van der Waals surface area contributed by atoms with Crippen molar-refractivity contribution >= 4 is 17.6 Å². The first-order valence-electron chi connectivity index (χ1n) is 9.32. The molecule has 140 valence electrons. The summed E-state index contributed by atoms with van der Waals surface area (Å²) in [6.45, 7) is 3.86. The smallest absolute Gasteiger partial charge is 0.228 e. The first-order chi connectivity index (χ1) is 13.2. The minimum absolute atomic E-state index is 0.0652. The van der Waals surface area contributed by atoms with Crippen LogP contribution >= 0.6 is 0 Å². The molecule has 7 nitrogen and oxygen atoms in total. The zero-order valence-electron chi connectivity index (χ0n) is 15.2. The van der Waals surface area contributed by atoms with Gasteiger partial charge in [0.1, 0.15) is 5.82 Å². The van der Waals surface area contributed by atoms with Crippen molar-refractivity contribution in [1.29, 1.82) is 0 Å². The lowest BCUT2D eigenvalue weighted by molar-refractivity contribution is -0.136. The van der Waals surface area contributed by atoms with E-state index < -0.39 is 0 Å². The highest BCUT2D eigenvalue weighted by Crippen LogP contribution is 2.23. The highest BCUT2D eigenvalue weighted by atomic mass is 16.2. The van der Waals surface area contributed by atoms with E-state index in [1.807, 2.05) is 35.2 Å². The number of aromatic nitrogens is 2. The van der Waals surface area contributed by atoms with Crippen molar-refractivity contribution in [1.82, 2.24) is 19.8 Å². The molecular formula is C20H23N5O2. The highest BCUT2D eigenvalue weighted by molar-refractivity contribution is 5.89. The Labute approximate surface area is 158 Å². The molecule has 0 unspecified atom stereocenters. The molecule has 2 fully saturated rings. The summed E-state index contributed by atoms with van der Waals surface area (Å²) >= 11 is 0. The quantitative estimate of drug-likeness (QED) is 0.814. The molecule has 7 heteroatoms. The summed E-state index contributed by atoms with van der Waals surface area (Å²) in [5, 5.41) is 0. The van der Waals surface area contributed by atoms with Crippen molar-refractivity contribution < 1.29 is 9.59 Å². The molecule has 4 rings (SSSR count). The molecule has 2 aliphatic rings. The Kier molecular flexibility index (Phi) is 5.00. The van der Waals surface area contributed by atoms with Crippen LogP contribution in [-0.4, -0.2) is 64.3 Å². The summed E-state index contributed by atoms with van der Waals surface area (Å²) in [5.74, 6) is 0.770. The number of likely N-dealkylation sites (tertiary alicyclic amines) is 1. The monoisotopic (exact) mass is 365 g/mol. The van der Waals surface area contributed by atoms with E-state index in [0.717, 1.165) is 24.5 Å². The second kappa shape index (κ2) is 7.73. The van der Waals surface area contributed by atoms with Crippen LogP contribution in [-0.2, 0) is 16.1 Å². The first-order valence-corrected chi connectivity index (χ1v) is 9.32. The van der Waals surface area contributed by atoms with Gasteiger partial charge in [-0.25, -0.2) is 4.98 Å². The average molecular weight is 365 g/mol. The van der Waals surface area contributed by atoms with Gasteiger partial charge >= 0.3 is 0 Å². The third kappa shape index (κ3) is 3.92. The molecule has 3 heterocycles. The molecule has 2 aromatic rings. The molecule has 1 aromatic heterocycles. The summed E-state index contributed by atoms with van der Waals surface area (Å²) < 4.78 is 0. The molecule has 27 heavy (non-hydrogen) atoms. The van der Waals surface area contributed by atoms with Crippen LogP contribution in [0.2, 0.25) is 0 Å². The molecule has 2 saturated heterocycles. The molecule has 0 aliphatic carbocycles. The Morgan fingerprint density at radius 3 is 2.56 bits per heavy atom. The van der Waals surface area contributed by atoms with Crippen LogP contribution < -0.4 is 4.90 Å². The highest BCUT2D eigenvalue weighted by Gasteiger charge is 2.37. The molecule has 0 saturated carbocycles.